The third-order valence-electron chi connectivity index (χ3n) is 7.70. The van der Waals surface area contributed by atoms with Crippen LogP contribution in [0.25, 0.3) is 11.0 Å². The highest BCUT2D eigenvalue weighted by molar-refractivity contribution is 6.07. The van der Waals surface area contributed by atoms with Gasteiger partial charge in [0.25, 0.3) is 5.91 Å². The molecule has 1 aliphatic carbocycles. The van der Waals surface area contributed by atoms with Gasteiger partial charge in [-0.3, -0.25) is 9.59 Å². The number of benzene rings is 2. The van der Waals surface area contributed by atoms with Crippen LogP contribution in [0.2, 0.25) is 0 Å². The van der Waals surface area contributed by atoms with E-state index in [9.17, 15) is 9.59 Å². The second-order valence-electron chi connectivity index (χ2n) is 10.1. The number of carbonyl (C=O) groups is 2. The van der Waals surface area contributed by atoms with E-state index in [1.54, 1.807) is 13.4 Å². The minimum Gasteiger partial charge on any atom is -0.383 e. The van der Waals surface area contributed by atoms with Gasteiger partial charge in [-0.25, -0.2) is 4.98 Å². The van der Waals surface area contributed by atoms with Gasteiger partial charge < -0.3 is 19.5 Å². The molecule has 1 aliphatic heterocycles. The maximum atomic E-state index is 14.0. The third-order valence-corrected chi connectivity index (χ3v) is 7.70. The molecule has 0 radical (unpaired) electrons. The largest absolute Gasteiger partial charge is 0.383 e. The summed E-state index contributed by atoms with van der Waals surface area (Å²) in [6.07, 6.45) is 9.07. The Labute approximate surface area is 212 Å². The van der Waals surface area contributed by atoms with Crippen molar-refractivity contribution in [2.45, 2.75) is 57.4 Å². The SMILES string of the molecule is COCCn1cnc2cc(NC(=O)C3CCCCC3)cc(C(=O)N3CCC[C@H](c4ccccc4)C3)c21. The fourth-order valence-electron chi connectivity index (χ4n) is 5.74. The summed E-state index contributed by atoms with van der Waals surface area (Å²) in [6, 6.07) is 14.2. The Morgan fingerprint density at radius 1 is 1.06 bits per heavy atom. The van der Waals surface area contributed by atoms with Gasteiger partial charge >= 0.3 is 0 Å². The smallest absolute Gasteiger partial charge is 0.256 e. The van der Waals surface area contributed by atoms with Gasteiger partial charge in [-0.15, -0.1) is 0 Å². The van der Waals surface area contributed by atoms with Crippen LogP contribution in [0.3, 0.4) is 0 Å². The summed E-state index contributed by atoms with van der Waals surface area (Å²) < 4.78 is 7.27. The van der Waals surface area contributed by atoms with Crippen LogP contribution in [0.4, 0.5) is 5.69 Å². The van der Waals surface area contributed by atoms with E-state index >= 15 is 0 Å². The van der Waals surface area contributed by atoms with E-state index in [2.05, 4.69) is 34.6 Å². The van der Waals surface area contributed by atoms with Gasteiger partial charge in [0.1, 0.15) is 0 Å². The lowest BCUT2D eigenvalue weighted by atomic mass is 9.88. The number of imidazole rings is 1. The second kappa shape index (κ2) is 11.2. The van der Waals surface area contributed by atoms with Crippen LogP contribution < -0.4 is 5.32 Å². The highest BCUT2D eigenvalue weighted by atomic mass is 16.5. The van der Waals surface area contributed by atoms with Crippen LogP contribution in [0, 0.1) is 5.92 Å². The number of ether oxygens (including phenoxy) is 1. The third kappa shape index (κ3) is 5.31. The summed E-state index contributed by atoms with van der Waals surface area (Å²) >= 11 is 0. The Hall–Kier alpha value is -3.19. The number of anilines is 1. The molecule has 0 bridgehead atoms. The van der Waals surface area contributed by atoms with E-state index in [-0.39, 0.29) is 17.7 Å². The van der Waals surface area contributed by atoms with E-state index in [4.69, 9.17) is 4.74 Å². The molecule has 190 valence electrons. The number of hydrogen-bond donors (Lipinski definition) is 1. The molecular weight excluding hydrogens is 452 g/mol. The van der Waals surface area contributed by atoms with Crippen molar-refractivity contribution in [2.24, 2.45) is 5.92 Å². The number of piperidine rings is 1. The number of methoxy groups -OCH3 is 1. The van der Waals surface area contributed by atoms with Crippen molar-refractivity contribution in [3.8, 4) is 0 Å². The zero-order valence-electron chi connectivity index (χ0n) is 21.1. The number of fused-ring (bicyclic) bond motifs is 1. The van der Waals surface area contributed by atoms with E-state index in [0.717, 1.165) is 50.6 Å². The van der Waals surface area contributed by atoms with E-state index in [1.165, 1.54) is 12.0 Å². The molecule has 7 heteroatoms. The molecule has 2 aromatic carbocycles. The number of likely N-dealkylation sites (tertiary alicyclic amines) is 1. The van der Waals surface area contributed by atoms with Crippen LogP contribution in [0.1, 0.15) is 66.8 Å². The van der Waals surface area contributed by atoms with Crippen molar-refractivity contribution in [3.63, 3.8) is 0 Å². The van der Waals surface area contributed by atoms with E-state index in [1.807, 2.05) is 27.7 Å². The Morgan fingerprint density at radius 3 is 2.64 bits per heavy atom. The lowest BCUT2D eigenvalue weighted by molar-refractivity contribution is -0.120. The number of carbonyl (C=O) groups excluding carboxylic acids is 2. The zero-order valence-corrected chi connectivity index (χ0v) is 21.1. The number of nitrogens with zero attached hydrogens (tertiary/aromatic N) is 3. The second-order valence-corrected chi connectivity index (χ2v) is 10.1. The summed E-state index contributed by atoms with van der Waals surface area (Å²) in [6.45, 7) is 2.55. The van der Waals surface area contributed by atoms with Gasteiger partial charge in [0.05, 0.1) is 29.5 Å². The van der Waals surface area contributed by atoms with Crippen molar-refractivity contribution in [2.75, 3.05) is 32.1 Å². The van der Waals surface area contributed by atoms with Crippen molar-refractivity contribution < 1.29 is 14.3 Å². The quantitative estimate of drug-likeness (QED) is 0.495. The van der Waals surface area contributed by atoms with Gasteiger partial charge in [-0.2, -0.15) is 0 Å². The molecular formula is C29H36N4O3. The molecule has 1 N–H and O–H groups in total. The van der Waals surface area contributed by atoms with Crippen LogP contribution in [0.5, 0.6) is 0 Å². The molecule has 1 saturated carbocycles. The van der Waals surface area contributed by atoms with E-state index in [0.29, 0.717) is 42.4 Å². The highest BCUT2D eigenvalue weighted by Crippen LogP contribution is 2.31. The first-order chi connectivity index (χ1) is 17.6. The fraction of sp³-hybridized carbons (Fsp3) is 0.483. The lowest BCUT2D eigenvalue weighted by Crippen LogP contribution is -2.39. The summed E-state index contributed by atoms with van der Waals surface area (Å²) in [7, 11) is 1.67. The first-order valence-corrected chi connectivity index (χ1v) is 13.3. The average molecular weight is 489 g/mol. The standard InChI is InChI=1S/C29H36N4O3/c1-36-16-15-33-20-30-26-18-24(31-28(34)22-11-6-3-7-12-22)17-25(27(26)33)29(35)32-14-8-13-23(19-32)21-9-4-2-5-10-21/h2,4-5,9-10,17-18,20,22-23H,3,6-8,11-16,19H2,1H3,(H,31,34)/t23-/m0/s1. The normalized spacial score (nSPS) is 18.9. The average Bonchev–Trinajstić information content (AvgIpc) is 3.35. The van der Waals surface area contributed by atoms with Crippen LogP contribution in [-0.2, 0) is 16.1 Å². The molecule has 1 aromatic heterocycles. The molecule has 2 aliphatic rings. The Morgan fingerprint density at radius 2 is 1.86 bits per heavy atom. The number of amides is 2. The highest BCUT2D eigenvalue weighted by Gasteiger charge is 2.28. The van der Waals surface area contributed by atoms with Crippen molar-refractivity contribution >= 4 is 28.5 Å². The minimum atomic E-state index is -0.00596. The first-order valence-electron chi connectivity index (χ1n) is 13.3. The summed E-state index contributed by atoms with van der Waals surface area (Å²) in [4.78, 5) is 33.5. The zero-order chi connectivity index (χ0) is 24.9. The topological polar surface area (TPSA) is 76.5 Å². The lowest BCUT2D eigenvalue weighted by Gasteiger charge is -2.33. The molecule has 1 atom stereocenters. The molecule has 1 saturated heterocycles. The molecule has 7 nitrogen and oxygen atoms in total. The molecule has 0 unspecified atom stereocenters. The predicted molar refractivity (Wildman–Crippen MR) is 141 cm³/mol. The van der Waals surface area contributed by atoms with Crippen LogP contribution >= 0.6 is 0 Å². The van der Waals surface area contributed by atoms with Gasteiger partial charge in [0.2, 0.25) is 5.91 Å². The van der Waals surface area contributed by atoms with E-state index < -0.39 is 0 Å². The van der Waals surface area contributed by atoms with Crippen molar-refractivity contribution in [1.29, 1.82) is 0 Å². The van der Waals surface area contributed by atoms with Gasteiger partial charge in [0, 0.05) is 44.3 Å². The summed E-state index contributed by atoms with van der Waals surface area (Å²) in [5, 5.41) is 3.11. The molecule has 5 rings (SSSR count). The van der Waals surface area contributed by atoms with Crippen molar-refractivity contribution in [3.05, 3.63) is 59.9 Å². The van der Waals surface area contributed by atoms with Gasteiger partial charge in [-0.1, -0.05) is 49.6 Å². The number of aromatic nitrogens is 2. The maximum absolute atomic E-state index is 14.0. The monoisotopic (exact) mass is 488 g/mol. The summed E-state index contributed by atoms with van der Waals surface area (Å²) in [5.41, 5.74) is 4.03. The molecule has 2 amide bonds. The molecule has 2 fully saturated rings. The predicted octanol–water partition coefficient (Wildman–Crippen LogP) is 5.22. The summed E-state index contributed by atoms with van der Waals surface area (Å²) in [5.74, 6) is 0.413. The Bertz CT molecular complexity index is 1200. The van der Waals surface area contributed by atoms with Crippen LogP contribution in [-0.4, -0.2) is 53.1 Å². The fourth-order valence-corrected chi connectivity index (χ4v) is 5.74. The van der Waals surface area contributed by atoms with Gasteiger partial charge in [-0.05, 0) is 43.4 Å². The number of rotatable bonds is 7. The van der Waals surface area contributed by atoms with Crippen molar-refractivity contribution in [1.82, 2.24) is 14.5 Å². The number of nitrogens with one attached hydrogen (secondary N) is 1. The molecule has 3 aromatic rings. The molecule has 2 heterocycles. The maximum Gasteiger partial charge on any atom is 0.256 e. The van der Waals surface area contributed by atoms with Gasteiger partial charge in [0.15, 0.2) is 0 Å². The Kier molecular flexibility index (Phi) is 7.66. The first kappa shape index (κ1) is 24.5. The Balaban J connectivity index is 1.45. The van der Waals surface area contributed by atoms with Crippen LogP contribution in [0.15, 0.2) is 48.8 Å². The molecule has 36 heavy (non-hydrogen) atoms. The minimum absolute atomic E-state index is 0.00596. The molecule has 0 spiro atoms. The number of hydrogen-bond acceptors (Lipinski definition) is 4.